The van der Waals surface area contributed by atoms with Crippen molar-refractivity contribution in [1.82, 2.24) is 5.32 Å². The Kier molecular flexibility index (Phi) is 4.72. The van der Waals surface area contributed by atoms with Gasteiger partial charge in [0.25, 0.3) is 5.91 Å². The zero-order valence-corrected chi connectivity index (χ0v) is 12.8. The lowest BCUT2D eigenvalue weighted by molar-refractivity contribution is 0.0330. The van der Waals surface area contributed by atoms with Crippen molar-refractivity contribution in [1.29, 1.82) is 0 Å². The average Bonchev–Trinajstić information content (AvgIpc) is 3.07. The standard InChI is InChI=1S/C16H19NO5/c1-16(19,14-5-4-8-22-14)10-17-15(18)12-7-6-11(20-2)9-13(12)21-3/h4-9,19H,10H2,1-3H3,(H,17,18). The lowest BCUT2D eigenvalue weighted by Gasteiger charge is -2.21. The summed E-state index contributed by atoms with van der Waals surface area (Å²) in [5, 5.41) is 13.0. The number of ether oxygens (including phenoxy) is 2. The van der Waals surface area contributed by atoms with Crippen LogP contribution in [-0.4, -0.2) is 31.8 Å². The smallest absolute Gasteiger partial charge is 0.255 e. The molecule has 2 N–H and O–H groups in total. The minimum Gasteiger partial charge on any atom is -0.497 e. The van der Waals surface area contributed by atoms with E-state index in [-0.39, 0.29) is 12.5 Å². The van der Waals surface area contributed by atoms with E-state index < -0.39 is 5.60 Å². The first kappa shape index (κ1) is 15.9. The third kappa shape index (κ3) is 3.40. The number of amides is 1. The quantitative estimate of drug-likeness (QED) is 0.852. The molecule has 1 amide bonds. The number of carbonyl (C=O) groups is 1. The van der Waals surface area contributed by atoms with E-state index in [1.165, 1.54) is 20.5 Å². The fourth-order valence-corrected chi connectivity index (χ4v) is 2.01. The summed E-state index contributed by atoms with van der Waals surface area (Å²) in [6.45, 7) is 1.58. The van der Waals surface area contributed by atoms with Crippen LogP contribution in [0.25, 0.3) is 0 Å². The summed E-state index contributed by atoms with van der Waals surface area (Å²) in [7, 11) is 3.01. The molecule has 0 saturated heterocycles. The van der Waals surface area contributed by atoms with Crippen LogP contribution in [0.4, 0.5) is 0 Å². The van der Waals surface area contributed by atoms with Gasteiger partial charge in [0.2, 0.25) is 0 Å². The molecule has 1 aromatic heterocycles. The molecule has 0 fully saturated rings. The number of benzene rings is 1. The molecule has 0 radical (unpaired) electrons. The van der Waals surface area contributed by atoms with E-state index in [0.717, 1.165) is 0 Å². The van der Waals surface area contributed by atoms with Crippen LogP contribution in [0.2, 0.25) is 0 Å². The van der Waals surface area contributed by atoms with Crippen molar-refractivity contribution in [3.8, 4) is 11.5 Å². The van der Waals surface area contributed by atoms with Crippen molar-refractivity contribution in [2.75, 3.05) is 20.8 Å². The van der Waals surface area contributed by atoms with Crippen LogP contribution < -0.4 is 14.8 Å². The van der Waals surface area contributed by atoms with Crippen molar-refractivity contribution >= 4 is 5.91 Å². The monoisotopic (exact) mass is 305 g/mol. The number of nitrogens with one attached hydrogen (secondary N) is 1. The molecular weight excluding hydrogens is 286 g/mol. The maximum atomic E-state index is 12.3. The van der Waals surface area contributed by atoms with E-state index in [2.05, 4.69) is 5.32 Å². The van der Waals surface area contributed by atoms with Gasteiger partial charge in [0.1, 0.15) is 22.9 Å². The molecule has 2 aromatic rings. The minimum atomic E-state index is -1.29. The van der Waals surface area contributed by atoms with Crippen LogP contribution >= 0.6 is 0 Å². The highest BCUT2D eigenvalue weighted by Crippen LogP contribution is 2.25. The Labute approximate surface area is 128 Å². The molecule has 0 saturated carbocycles. The molecule has 118 valence electrons. The van der Waals surface area contributed by atoms with Crippen LogP contribution in [0.1, 0.15) is 23.0 Å². The maximum Gasteiger partial charge on any atom is 0.255 e. The van der Waals surface area contributed by atoms with Crippen LogP contribution in [0.15, 0.2) is 41.0 Å². The second-order valence-corrected chi connectivity index (χ2v) is 5.00. The number of methoxy groups -OCH3 is 2. The second kappa shape index (κ2) is 6.53. The van der Waals surface area contributed by atoms with Crippen LogP contribution in [0, 0.1) is 0 Å². The van der Waals surface area contributed by atoms with Crippen molar-refractivity contribution in [2.24, 2.45) is 0 Å². The fourth-order valence-electron chi connectivity index (χ4n) is 2.01. The first-order valence-electron chi connectivity index (χ1n) is 6.74. The van der Waals surface area contributed by atoms with Gasteiger partial charge in [0.05, 0.1) is 32.6 Å². The molecule has 1 unspecified atom stereocenters. The molecule has 6 heteroatoms. The normalized spacial score (nSPS) is 13.3. The minimum absolute atomic E-state index is 0.00846. The lowest BCUT2D eigenvalue weighted by atomic mass is 10.0. The highest BCUT2D eigenvalue weighted by Gasteiger charge is 2.27. The van der Waals surface area contributed by atoms with Gasteiger partial charge in [-0.3, -0.25) is 4.79 Å². The molecule has 0 aliphatic heterocycles. The van der Waals surface area contributed by atoms with Gasteiger partial charge in [-0.15, -0.1) is 0 Å². The highest BCUT2D eigenvalue weighted by atomic mass is 16.5. The van der Waals surface area contributed by atoms with Crippen molar-refractivity contribution in [3.05, 3.63) is 47.9 Å². The van der Waals surface area contributed by atoms with Crippen molar-refractivity contribution in [3.63, 3.8) is 0 Å². The summed E-state index contributed by atoms with van der Waals surface area (Å²) in [5.74, 6) is 1.02. The van der Waals surface area contributed by atoms with Gasteiger partial charge in [-0.1, -0.05) is 0 Å². The molecule has 0 bridgehead atoms. The molecule has 0 aliphatic rings. The number of carbonyl (C=O) groups excluding carboxylic acids is 1. The number of furan rings is 1. The summed E-state index contributed by atoms with van der Waals surface area (Å²) in [6, 6.07) is 8.23. The van der Waals surface area contributed by atoms with Gasteiger partial charge in [-0.25, -0.2) is 0 Å². The topological polar surface area (TPSA) is 80.9 Å². The SMILES string of the molecule is COc1ccc(C(=O)NCC(C)(O)c2ccco2)c(OC)c1. The number of rotatable bonds is 6. The second-order valence-electron chi connectivity index (χ2n) is 5.00. The van der Waals surface area contributed by atoms with Gasteiger partial charge in [-0.05, 0) is 31.2 Å². The lowest BCUT2D eigenvalue weighted by Crippen LogP contribution is -2.38. The van der Waals surface area contributed by atoms with E-state index >= 15 is 0 Å². The van der Waals surface area contributed by atoms with Gasteiger partial charge >= 0.3 is 0 Å². The van der Waals surface area contributed by atoms with E-state index in [0.29, 0.717) is 22.8 Å². The Hall–Kier alpha value is -2.47. The highest BCUT2D eigenvalue weighted by molar-refractivity contribution is 5.97. The zero-order chi connectivity index (χ0) is 16.2. The molecule has 0 aliphatic carbocycles. The first-order chi connectivity index (χ1) is 10.5. The Balaban J connectivity index is 2.09. The van der Waals surface area contributed by atoms with E-state index in [9.17, 15) is 9.90 Å². The van der Waals surface area contributed by atoms with E-state index in [1.54, 1.807) is 37.3 Å². The summed E-state index contributed by atoms with van der Waals surface area (Å²) >= 11 is 0. The number of hydrogen-bond acceptors (Lipinski definition) is 5. The van der Waals surface area contributed by atoms with Gasteiger partial charge < -0.3 is 24.3 Å². The summed E-state index contributed by atoms with van der Waals surface area (Å²) < 4.78 is 15.5. The largest absolute Gasteiger partial charge is 0.497 e. The predicted molar refractivity (Wildman–Crippen MR) is 80.2 cm³/mol. The Bertz CT molecular complexity index is 634. The van der Waals surface area contributed by atoms with Crippen LogP contribution in [-0.2, 0) is 5.60 Å². The van der Waals surface area contributed by atoms with E-state index in [4.69, 9.17) is 13.9 Å². The van der Waals surface area contributed by atoms with Gasteiger partial charge in [0, 0.05) is 6.07 Å². The Morgan fingerprint density at radius 2 is 2.09 bits per heavy atom. The van der Waals surface area contributed by atoms with Crippen molar-refractivity contribution in [2.45, 2.75) is 12.5 Å². The molecule has 0 spiro atoms. The number of hydrogen-bond donors (Lipinski definition) is 2. The van der Waals surface area contributed by atoms with Crippen molar-refractivity contribution < 1.29 is 23.8 Å². The maximum absolute atomic E-state index is 12.3. The van der Waals surface area contributed by atoms with E-state index in [1.807, 2.05) is 0 Å². The first-order valence-corrected chi connectivity index (χ1v) is 6.74. The Morgan fingerprint density at radius 1 is 1.32 bits per heavy atom. The molecule has 6 nitrogen and oxygen atoms in total. The fraction of sp³-hybridized carbons (Fsp3) is 0.312. The van der Waals surface area contributed by atoms with Gasteiger partial charge in [-0.2, -0.15) is 0 Å². The van der Waals surface area contributed by atoms with Crippen LogP contribution in [0.3, 0.4) is 0 Å². The molecular formula is C16H19NO5. The molecule has 1 atom stereocenters. The molecule has 22 heavy (non-hydrogen) atoms. The molecule has 1 heterocycles. The third-order valence-electron chi connectivity index (χ3n) is 3.30. The predicted octanol–water partition coefficient (Wildman–Crippen LogP) is 1.93. The summed E-state index contributed by atoms with van der Waals surface area (Å²) in [5.41, 5.74) is -0.933. The Morgan fingerprint density at radius 3 is 2.68 bits per heavy atom. The third-order valence-corrected chi connectivity index (χ3v) is 3.30. The number of aliphatic hydroxyl groups is 1. The zero-order valence-electron chi connectivity index (χ0n) is 12.8. The van der Waals surface area contributed by atoms with Gasteiger partial charge in [0.15, 0.2) is 0 Å². The summed E-state index contributed by atoms with van der Waals surface area (Å²) in [4.78, 5) is 12.3. The summed E-state index contributed by atoms with van der Waals surface area (Å²) in [6.07, 6.45) is 1.47. The molecule has 2 rings (SSSR count). The van der Waals surface area contributed by atoms with Crippen LogP contribution in [0.5, 0.6) is 11.5 Å². The molecule has 1 aromatic carbocycles. The average molecular weight is 305 g/mol.